The quantitative estimate of drug-likeness (QED) is 0.846. The molecule has 6 nitrogen and oxygen atoms in total. The standard InChI is InChI=1S/C15H19N3O3/c1-3-15(4-2,14(20)21)17-13(19)9-11-10-18-8-6-5-7-12(18)16-11/h5-8,10H,3-4,9H2,1-2H3,(H,17,19)(H,20,21). The van der Waals surface area contributed by atoms with Crippen LogP contribution >= 0.6 is 0 Å². The van der Waals surface area contributed by atoms with Crippen LogP contribution in [0.1, 0.15) is 32.4 Å². The Morgan fingerprint density at radius 1 is 1.33 bits per heavy atom. The van der Waals surface area contributed by atoms with Gasteiger partial charge in [-0.3, -0.25) is 4.79 Å². The topological polar surface area (TPSA) is 83.7 Å². The first kappa shape index (κ1) is 15.0. The van der Waals surface area contributed by atoms with E-state index >= 15 is 0 Å². The van der Waals surface area contributed by atoms with Gasteiger partial charge in [-0.15, -0.1) is 0 Å². The monoisotopic (exact) mass is 289 g/mol. The highest BCUT2D eigenvalue weighted by molar-refractivity contribution is 5.87. The van der Waals surface area contributed by atoms with E-state index in [2.05, 4.69) is 10.3 Å². The second-order valence-electron chi connectivity index (χ2n) is 5.02. The van der Waals surface area contributed by atoms with Crippen LogP contribution in [0, 0.1) is 0 Å². The number of imidazole rings is 1. The fourth-order valence-electron chi connectivity index (χ4n) is 2.33. The van der Waals surface area contributed by atoms with Gasteiger partial charge in [-0.25, -0.2) is 9.78 Å². The van der Waals surface area contributed by atoms with Crippen molar-refractivity contribution in [2.75, 3.05) is 0 Å². The van der Waals surface area contributed by atoms with E-state index in [1.807, 2.05) is 28.8 Å². The lowest BCUT2D eigenvalue weighted by Gasteiger charge is -2.27. The molecule has 21 heavy (non-hydrogen) atoms. The number of aliphatic carboxylic acids is 1. The first-order chi connectivity index (χ1) is 10.0. The number of pyridine rings is 1. The molecule has 0 saturated carbocycles. The summed E-state index contributed by atoms with van der Waals surface area (Å²) in [6.07, 6.45) is 4.38. The van der Waals surface area contributed by atoms with Gasteiger partial charge in [-0.2, -0.15) is 0 Å². The minimum absolute atomic E-state index is 0.0662. The molecular formula is C15H19N3O3. The van der Waals surface area contributed by atoms with Crippen molar-refractivity contribution in [3.8, 4) is 0 Å². The molecule has 1 amide bonds. The van der Waals surface area contributed by atoms with E-state index in [1.54, 1.807) is 20.0 Å². The molecular weight excluding hydrogens is 270 g/mol. The van der Waals surface area contributed by atoms with Gasteiger partial charge < -0.3 is 14.8 Å². The summed E-state index contributed by atoms with van der Waals surface area (Å²) in [5, 5.41) is 12.0. The summed E-state index contributed by atoms with van der Waals surface area (Å²) in [6.45, 7) is 3.51. The molecule has 2 heterocycles. The Hall–Kier alpha value is -2.37. The van der Waals surface area contributed by atoms with Gasteiger partial charge in [0.05, 0.1) is 12.1 Å². The van der Waals surface area contributed by atoms with Crippen LogP contribution in [0.5, 0.6) is 0 Å². The van der Waals surface area contributed by atoms with Crippen LogP contribution < -0.4 is 5.32 Å². The highest BCUT2D eigenvalue weighted by atomic mass is 16.4. The Labute approximate surface area is 122 Å². The van der Waals surface area contributed by atoms with Gasteiger partial charge in [0.1, 0.15) is 11.2 Å². The fraction of sp³-hybridized carbons (Fsp3) is 0.400. The number of nitrogens with one attached hydrogen (secondary N) is 1. The number of carboxylic acid groups (broad SMARTS) is 1. The lowest BCUT2D eigenvalue weighted by Crippen LogP contribution is -2.54. The summed E-state index contributed by atoms with van der Waals surface area (Å²) in [4.78, 5) is 27.8. The molecule has 0 atom stereocenters. The minimum Gasteiger partial charge on any atom is -0.480 e. The van der Waals surface area contributed by atoms with Crippen LogP contribution in [0.4, 0.5) is 0 Å². The van der Waals surface area contributed by atoms with Crippen molar-refractivity contribution < 1.29 is 14.7 Å². The smallest absolute Gasteiger partial charge is 0.329 e. The van der Waals surface area contributed by atoms with Gasteiger partial charge in [0, 0.05) is 12.4 Å². The highest BCUT2D eigenvalue weighted by Crippen LogP contribution is 2.16. The highest BCUT2D eigenvalue weighted by Gasteiger charge is 2.36. The van der Waals surface area contributed by atoms with Crippen LogP contribution in [0.2, 0.25) is 0 Å². The SMILES string of the molecule is CCC(CC)(NC(=O)Cc1cn2ccccc2n1)C(=O)O. The Morgan fingerprint density at radius 3 is 2.62 bits per heavy atom. The second-order valence-corrected chi connectivity index (χ2v) is 5.02. The third-order valence-corrected chi connectivity index (χ3v) is 3.75. The van der Waals surface area contributed by atoms with E-state index < -0.39 is 11.5 Å². The summed E-state index contributed by atoms with van der Waals surface area (Å²) >= 11 is 0. The molecule has 0 saturated heterocycles. The lowest BCUT2D eigenvalue weighted by atomic mass is 9.92. The van der Waals surface area contributed by atoms with E-state index in [4.69, 9.17) is 0 Å². The van der Waals surface area contributed by atoms with Gasteiger partial charge in [-0.1, -0.05) is 19.9 Å². The first-order valence-electron chi connectivity index (χ1n) is 6.97. The second kappa shape index (κ2) is 5.95. The molecule has 0 aliphatic rings. The molecule has 2 aromatic rings. The van der Waals surface area contributed by atoms with Crippen molar-refractivity contribution in [3.63, 3.8) is 0 Å². The van der Waals surface area contributed by atoms with E-state index in [0.29, 0.717) is 18.5 Å². The van der Waals surface area contributed by atoms with Gasteiger partial charge in [0.2, 0.25) is 5.91 Å². The molecule has 0 radical (unpaired) electrons. The molecule has 2 N–H and O–H groups in total. The number of hydrogen-bond donors (Lipinski definition) is 2. The Morgan fingerprint density at radius 2 is 2.05 bits per heavy atom. The predicted octanol–water partition coefficient (Wildman–Crippen LogP) is 1.64. The van der Waals surface area contributed by atoms with Gasteiger partial charge in [-0.05, 0) is 25.0 Å². The van der Waals surface area contributed by atoms with Crippen molar-refractivity contribution in [1.82, 2.24) is 14.7 Å². The largest absolute Gasteiger partial charge is 0.480 e. The molecule has 0 aliphatic heterocycles. The van der Waals surface area contributed by atoms with Crippen LogP contribution in [0.3, 0.4) is 0 Å². The predicted molar refractivity (Wildman–Crippen MR) is 78.0 cm³/mol. The molecule has 2 aromatic heterocycles. The summed E-state index contributed by atoms with van der Waals surface area (Å²) in [7, 11) is 0. The van der Waals surface area contributed by atoms with Crippen LogP contribution in [0.25, 0.3) is 5.65 Å². The van der Waals surface area contributed by atoms with Crippen molar-refractivity contribution in [2.45, 2.75) is 38.6 Å². The van der Waals surface area contributed by atoms with Crippen molar-refractivity contribution in [3.05, 3.63) is 36.3 Å². The zero-order valence-corrected chi connectivity index (χ0v) is 12.2. The molecule has 0 aliphatic carbocycles. The average Bonchev–Trinajstić information content (AvgIpc) is 2.86. The maximum absolute atomic E-state index is 12.1. The summed E-state index contributed by atoms with van der Waals surface area (Å²) in [5.41, 5.74) is 0.178. The number of amides is 1. The fourth-order valence-corrected chi connectivity index (χ4v) is 2.33. The third-order valence-electron chi connectivity index (χ3n) is 3.75. The molecule has 0 aromatic carbocycles. The zero-order chi connectivity index (χ0) is 15.5. The Balaban J connectivity index is 2.12. The number of aromatic nitrogens is 2. The molecule has 6 heteroatoms. The molecule has 2 rings (SSSR count). The van der Waals surface area contributed by atoms with E-state index in [1.165, 1.54) is 0 Å². The number of rotatable bonds is 6. The normalized spacial score (nSPS) is 11.5. The Bertz CT molecular complexity index is 626. The molecule has 0 fully saturated rings. The van der Waals surface area contributed by atoms with Crippen LogP contribution in [0.15, 0.2) is 30.6 Å². The van der Waals surface area contributed by atoms with E-state index in [-0.39, 0.29) is 12.3 Å². The molecule has 0 unspecified atom stereocenters. The summed E-state index contributed by atoms with van der Waals surface area (Å²) < 4.78 is 1.83. The number of carbonyl (C=O) groups is 2. The number of carboxylic acids is 1. The number of fused-ring (bicyclic) bond motifs is 1. The molecule has 112 valence electrons. The van der Waals surface area contributed by atoms with Crippen LogP contribution in [-0.2, 0) is 16.0 Å². The van der Waals surface area contributed by atoms with Crippen LogP contribution in [-0.4, -0.2) is 31.9 Å². The van der Waals surface area contributed by atoms with E-state index in [9.17, 15) is 14.7 Å². The van der Waals surface area contributed by atoms with E-state index in [0.717, 1.165) is 5.65 Å². The van der Waals surface area contributed by atoms with Crippen molar-refractivity contribution >= 4 is 17.5 Å². The maximum Gasteiger partial charge on any atom is 0.329 e. The summed E-state index contributed by atoms with van der Waals surface area (Å²) in [5.74, 6) is -1.33. The number of nitrogens with zero attached hydrogens (tertiary/aromatic N) is 2. The molecule has 0 spiro atoms. The van der Waals surface area contributed by atoms with Crippen molar-refractivity contribution in [2.24, 2.45) is 0 Å². The third kappa shape index (κ3) is 3.04. The van der Waals surface area contributed by atoms with Gasteiger partial charge in [0.15, 0.2) is 0 Å². The number of hydrogen-bond acceptors (Lipinski definition) is 3. The lowest BCUT2D eigenvalue weighted by molar-refractivity contribution is -0.148. The minimum atomic E-state index is -1.20. The first-order valence-corrected chi connectivity index (χ1v) is 6.97. The average molecular weight is 289 g/mol. The van der Waals surface area contributed by atoms with Gasteiger partial charge in [0.25, 0.3) is 0 Å². The molecule has 0 bridgehead atoms. The zero-order valence-electron chi connectivity index (χ0n) is 12.2. The Kier molecular flexibility index (Phi) is 4.26. The number of carbonyl (C=O) groups excluding carboxylic acids is 1. The summed E-state index contributed by atoms with van der Waals surface area (Å²) in [6, 6.07) is 5.60. The van der Waals surface area contributed by atoms with Crippen molar-refractivity contribution in [1.29, 1.82) is 0 Å². The maximum atomic E-state index is 12.1. The van der Waals surface area contributed by atoms with Gasteiger partial charge >= 0.3 is 5.97 Å².